The molecule has 142 valence electrons. The van der Waals surface area contributed by atoms with Gasteiger partial charge in [-0.2, -0.15) is 0 Å². The third-order valence-electron chi connectivity index (χ3n) is 5.38. The Morgan fingerprint density at radius 2 is 1.77 bits per heavy atom. The highest BCUT2D eigenvalue weighted by molar-refractivity contribution is 8.00. The normalized spacial score (nSPS) is 19.8. The van der Waals surface area contributed by atoms with Crippen molar-refractivity contribution in [2.75, 3.05) is 25.4 Å². The van der Waals surface area contributed by atoms with Gasteiger partial charge in [0.05, 0.1) is 4.87 Å². The molecule has 2 aliphatic heterocycles. The average molecular weight is 375 g/mol. The summed E-state index contributed by atoms with van der Waals surface area (Å²) in [6, 6.07) is 7.83. The summed E-state index contributed by atoms with van der Waals surface area (Å²) >= 11 is 1.90. The van der Waals surface area contributed by atoms with Gasteiger partial charge in [0.1, 0.15) is 0 Å². The molecule has 4 nitrogen and oxygen atoms in total. The molecule has 0 N–H and O–H groups in total. The number of hydrogen-bond acceptors (Lipinski definition) is 3. The van der Waals surface area contributed by atoms with Crippen molar-refractivity contribution >= 4 is 23.6 Å². The van der Waals surface area contributed by atoms with Gasteiger partial charge in [0.15, 0.2) is 0 Å². The highest BCUT2D eigenvalue weighted by atomic mass is 32.2. The van der Waals surface area contributed by atoms with Crippen molar-refractivity contribution in [2.24, 2.45) is 5.41 Å². The van der Waals surface area contributed by atoms with Gasteiger partial charge >= 0.3 is 0 Å². The zero-order chi connectivity index (χ0) is 18.9. The van der Waals surface area contributed by atoms with Crippen LogP contribution in [-0.2, 0) is 4.79 Å². The molecule has 5 heteroatoms. The van der Waals surface area contributed by atoms with Crippen LogP contribution in [0.5, 0.6) is 0 Å². The molecule has 26 heavy (non-hydrogen) atoms. The highest BCUT2D eigenvalue weighted by Crippen LogP contribution is 2.45. The van der Waals surface area contributed by atoms with Crippen molar-refractivity contribution in [3.05, 3.63) is 35.4 Å². The second-order valence-corrected chi connectivity index (χ2v) is 10.1. The first-order valence-electron chi connectivity index (χ1n) is 9.51. The van der Waals surface area contributed by atoms with E-state index in [9.17, 15) is 9.59 Å². The van der Waals surface area contributed by atoms with Crippen LogP contribution in [0.1, 0.15) is 56.0 Å². The van der Waals surface area contributed by atoms with Crippen LogP contribution in [0.4, 0.5) is 0 Å². The van der Waals surface area contributed by atoms with E-state index in [1.807, 2.05) is 47.9 Å². The van der Waals surface area contributed by atoms with Crippen LogP contribution in [0.25, 0.3) is 0 Å². The number of hydrogen-bond donors (Lipinski definition) is 0. The van der Waals surface area contributed by atoms with Gasteiger partial charge in [-0.25, -0.2) is 0 Å². The molecule has 1 aromatic carbocycles. The van der Waals surface area contributed by atoms with Gasteiger partial charge in [-0.05, 0) is 36.8 Å². The predicted octanol–water partition coefficient (Wildman–Crippen LogP) is 3.94. The summed E-state index contributed by atoms with van der Waals surface area (Å²) in [5.41, 5.74) is 1.85. The number of benzene rings is 1. The Hall–Kier alpha value is -1.49. The second-order valence-electron chi connectivity index (χ2n) is 8.68. The molecule has 0 saturated carbocycles. The Labute approximate surface area is 161 Å². The minimum atomic E-state index is -0.141. The SMILES string of the molecule is Cc1ccccc1C(=O)N1CCSC12CCN(C(=O)CC(C)(C)C)CC2. The molecular weight excluding hydrogens is 344 g/mol. The number of aryl methyl sites for hydroxylation is 1. The fourth-order valence-electron chi connectivity index (χ4n) is 3.94. The summed E-state index contributed by atoms with van der Waals surface area (Å²) in [4.78, 5) is 29.6. The fraction of sp³-hybridized carbons (Fsp3) is 0.619. The lowest BCUT2D eigenvalue weighted by Crippen LogP contribution is -2.54. The molecule has 2 amide bonds. The van der Waals surface area contributed by atoms with Crippen LogP contribution in [0.3, 0.4) is 0 Å². The van der Waals surface area contributed by atoms with Gasteiger partial charge in [0.25, 0.3) is 5.91 Å². The van der Waals surface area contributed by atoms with E-state index in [2.05, 4.69) is 25.7 Å². The van der Waals surface area contributed by atoms with Crippen molar-refractivity contribution < 1.29 is 9.59 Å². The summed E-state index contributed by atoms with van der Waals surface area (Å²) in [5.74, 6) is 1.36. The molecule has 3 rings (SSSR count). The number of carbonyl (C=O) groups is 2. The molecule has 0 unspecified atom stereocenters. The van der Waals surface area contributed by atoms with Gasteiger partial charge in [-0.15, -0.1) is 11.8 Å². The Kier molecular flexibility index (Phi) is 5.38. The smallest absolute Gasteiger partial charge is 0.255 e. The molecule has 2 saturated heterocycles. The topological polar surface area (TPSA) is 40.6 Å². The number of amides is 2. The Morgan fingerprint density at radius 1 is 1.12 bits per heavy atom. The minimum absolute atomic E-state index is 0.0150. The third kappa shape index (κ3) is 3.93. The number of rotatable bonds is 2. The maximum Gasteiger partial charge on any atom is 0.255 e. The molecule has 0 bridgehead atoms. The lowest BCUT2D eigenvalue weighted by Gasteiger charge is -2.44. The molecule has 0 aliphatic carbocycles. The monoisotopic (exact) mass is 374 g/mol. The highest BCUT2D eigenvalue weighted by Gasteiger charge is 2.47. The molecular formula is C21H30N2O2S. The first-order chi connectivity index (χ1) is 12.2. The molecule has 2 fully saturated rings. The van der Waals surface area contributed by atoms with Crippen LogP contribution in [0.15, 0.2) is 24.3 Å². The predicted molar refractivity (Wildman–Crippen MR) is 107 cm³/mol. The van der Waals surface area contributed by atoms with E-state index in [0.29, 0.717) is 6.42 Å². The summed E-state index contributed by atoms with van der Waals surface area (Å²) in [6.07, 6.45) is 2.31. The maximum absolute atomic E-state index is 13.2. The molecule has 1 aromatic rings. The number of nitrogens with zero attached hydrogens (tertiary/aromatic N) is 2. The number of carbonyl (C=O) groups excluding carboxylic acids is 2. The van der Waals surface area contributed by atoms with E-state index in [1.54, 1.807) is 0 Å². The molecule has 2 aliphatic rings. The fourth-order valence-corrected chi connectivity index (χ4v) is 5.39. The quantitative estimate of drug-likeness (QED) is 0.787. The Bertz CT molecular complexity index is 687. The minimum Gasteiger partial charge on any atom is -0.342 e. The van der Waals surface area contributed by atoms with Gasteiger partial charge in [0.2, 0.25) is 5.91 Å². The Balaban J connectivity index is 1.70. The van der Waals surface area contributed by atoms with Crippen LogP contribution in [0.2, 0.25) is 0 Å². The van der Waals surface area contributed by atoms with Gasteiger partial charge in [-0.1, -0.05) is 39.0 Å². The lowest BCUT2D eigenvalue weighted by molar-refractivity contribution is -0.134. The van der Waals surface area contributed by atoms with Gasteiger partial charge in [0, 0.05) is 37.4 Å². The number of piperidine rings is 1. The van der Waals surface area contributed by atoms with Crippen molar-refractivity contribution in [1.82, 2.24) is 9.80 Å². The van der Waals surface area contributed by atoms with Crippen molar-refractivity contribution in [3.8, 4) is 0 Å². The zero-order valence-corrected chi connectivity index (χ0v) is 17.2. The summed E-state index contributed by atoms with van der Waals surface area (Å²) < 4.78 is 0. The largest absolute Gasteiger partial charge is 0.342 e. The second kappa shape index (κ2) is 7.26. The van der Waals surface area contributed by atoms with Crippen molar-refractivity contribution in [3.63, 3.8) is 0 Å². The summed E-state index contributed by atoms with van der Waals surface area (Å²) in [5, 5.41) is 0. The van der Waals surface area contributed by atoms with Crippen LogP contribution in [-0.4, -0.2) is 51.9 Å². The summed E-state index contributed by atoms with van der Waals surface area (Å²) in [7, 11) is 0. The van der Waals surface area contributed by atoms with Crippen molar-refractivity contribution in [2.45, 2.75) is 51.8 Å². The molecule has 0 aromatic heterocycles. The van der Waals surface area contributed by atoms with Crippen molar-refractivity contribution in [1.29, 1.82) is 0 Å². The van der Waals surface area contributed by atoms with E-state index < -0.39 is 0 Å². The lowest BCUT2D eigenvalue weighted by atomic mass is 9.91. The Morgan fingerprint density at radius 3 is 2.38 bits per heavy atom. The van der Waals surface area contributed by atoms with E-state index in [0.717, 1.165) is 49.4 Å². The number of thioether (sulfide) groups is 1. The van der Waals surface area contributed by atoms with E-state index in [4.69, 9.17) is 0 Å². The van der Waals surface area contributed by atoms with E-state index >= 15 is 0 Å². The first kappa shape index (κ1) is 19.3. The van der Waals surface area contributed by atoms with Crippen LogP contribution < -0.4 is 0 Å². The first-order valence-corrected chi connectivity index (χ1v) is 10.5. The third-order valence-corrected chi connectivity index (χ3v) is 6.93. The van der Waals surface area contributed by atoms with Crippen LogP contribution >= 0.6 is 11.8 Å². The van der Waals surface area contributed by atoms with E-state index in [-0.39, 0.29) is 22.1 Å². The standard InChI is InChI=1S/C21H30N2O2S/c1-16-7-5-6-8-17(16)19(25)23-13-14-26-21(23)9-11-22(12-10-21)18(24)15-20(2,3)4/h5-8H,9-15H2,1-4H3. The molecule has 0 radical (unpaired) electrons. The number of likely N-dealkylation sites (tertiary alicyclic amines) is 1. The molecule has 2 heterocycles. The van der Waals surface area contributed by atoms with Gasteiger partial charge < -0.3 is 9.80 Å². The van der Waals surface area contributed by atoms with Gasteiger partial charge in [-0.3, -0.25) is 9.59 Å². The maximum atomic E-state index is 13.2. The molecule has 1 spiro atoms. The van der Waals surface area contributed by atoms with E-state index in [1.165, 1.54) is 0 Å². The zero-order valence-electron chi connectivity index (χ0n) is 16.4. The average Bonchev–Trinajstić information content (AvgIpc) is 2.97. The van der Waals surface area contributed by atoms with Crippen LogP contribution in [0, 0.1) is 12.3 Å². The summed E-state index contributed by atoms with van der Waals surface area (Å²) in [6.45, 7) is 10.6. The molecule has 0 atom stereocenters.